The number of hydrogen-bond acceptors (Lipinski definition) is 4. The van der Waals surface area contributed by atoms with Crippen LogP contribution in [0.5, 0.6) is 0 Å². The van der Waals surface area contributed by atoms with E-state index < -0.39 is 0 Å². The third-order valence-electron chi connectivity index (χ3n) is 3.00. The largest absolute Gasteiger partial charge is 0.378 e. The Morgan fingerprint density at radius 1 is 1.24 bits per heavy atom. The van der Waals surface area contributed by atoms with Gasteiger partial charge in [0, 0.05) is 24.8 Å². The first-order valence-electron chi connectivity index (χ1n) is 6.38. The van der Waals surface area contributed by atoms with Gasteiger partial charge >= 0.3 is 0 Å². The Morgan fingerprint density at radius 2 is 1.94 bits per heavy atom. The van der Waals surface area contributed by atoms with Crippen LogP contribution in [0.3, 0.4) is 0 Å². The predicted octanol–water partition coefficient (Wildman–Crippen LogP) is 2.02. The normalized spacial score (nSPS) is 18.1. The molecule has 1 atom stereocenters. The Balaban J connectivity index is 2.03. The lowest BCUT2D eigenvalue weighted by Gasteiger charge is -2.26. The van der Waals surface area contributed by atoms with Crippen LogP contribution in [0.15, 0.2) is 0 Å². The van der Waals surface area contributed by atoms with E-state index in [9.17, 15) is 4.79 Å². The lowest BCUT2D eigenvalue weighted by atomic mass is 10.1. The summed E-state index contributed by atoms with van der Waals surface area (Å²) >= 11 is 8.66. The van der Waals surface area contributed by atoms with Crippen molar-refractivity contribution in [2.24, 2.45) is 0 Å². The van der Waals surface area contributed by atoms with Crippen molar-refractivity contribution in [1.82, 2.24) is 4.90 Å². The summed E-state index contributed by atoms with van der Waals surface area (Å²) in [4.78, 5) is 13.7. The lowest BCUT2D eigenvalue weighted by Crippen LogP contribution is -2.40. The second-order valence-corrected chi connectivity index (χ2v) is 5.58. The Morgan fingerprint density at radius 3 is 2.59 bits per heavy atom. The van der Waals surface area contributed by atoms with E-state index >= 15 is 0 Å². The maximum Gasteiger partial charge on any atom is 0.222 e. The third-order valence-corrected chi connectivity index (χ3v) is 3.78. The number of unbranched alkanes of at least 4 members (excludes halogenated alkanes) is 1. The highest BCUT2D eigenvalue weighted by molar-refractivity contribution is 7.81. The highest BCUT2D eigenvalue weighted by Gasteiger charge is 2.15. The Hall–Kier alpha value is 0.130. The summed E-state index contributed by atoms with van der Waals surface area (Å²) in [7, 11) is 0. The number of thiol groups is 2. The Kier molecular flexibility index (Phi) is 8.14. The molecule has 100 valence electrons. The Bertz CT molecular complexity index is 221. The van der Waals surface area contributed by atoms with Crippen LogP contribution in [-0.2, 0) is 9.53 Å². The summed E-state index contributed by atoms with van der Waals surface area (Å²) in [6.45, 7) is 2.89. The van der Waals surface area contributed by atoms with Gasteiger partial charge in [0.05, 0.1) is 13.2 Å². The molecule has 1 heterocycles. The molecule has 1 saturated heterocycles. The zero-order valence-electron chi connectivity index (χ0n) is 10.3. The van der Waals surface area contributed by atoms with Gasteiger partial charge in [-0.1, -0.05) is 6.42 Å². The molecule has 1 aliphatic heterocycles. The second kappa shape index (κ2) is 9.11. The summed E-state index contributed by atoms with van der Waals surface area (Å²) < 4.78 is 5.22. The molecule has 17 heavy (non-hydrogen) atoms. The summed E-state index contributed by atoms with van der Waals surface area (Å²) in [6.07, 6.45) is 4.85. The maximum atomic E-state index is 11.8. The molecule has 0 bridgehead atoms. The van der Waals surface area contributed by atoms with Crippen LogP contribution in [0, 0.1) is 0 Å². The van der Waals surface area contributed by atoms with E-state index in [0.29, 0.717) is 24.9 Å². The minimum atomic E-state index is 0.276. The number of carbonyl (C=O) groups excluding carboxylic acids is 1. The van der Waals surface area contributed by atoms with E-state index in [0.717, 1.165) is 44.5 Å². The molecule has 1 aliphatic rings. The van der Waals surface area contributed by atoms with Crippen molar-refractivity contribution in [1.29, 1.82) is 0 Å². The molecule has 0 radical (unpaired) electrons. The SMILES string of the molecule is O=C(CCCCC(S)CCS)N1CCOCC1. The third kappa shape index (κ3) is 6.58. The number of ether oxygens (including phenoxy) is 1. The van der Waals surface area contributed by atoms with E-state index in [-0.39, 0.29) is 5.91 Å². The van der Waals surface area contributed by atoms with Gasteiger partial charge in [-0.05, 0) is 25.0 Å². The molecule has 0 aromatic carbocycles. The molecule has 0 N–H and O–H groups in total. The average Bonchev–Trinajstić information content (AvgIpc) is 2.36. The first-order chi connectivity index (χ1) is 8.24. The number of nitrogens with zero attached hydrogens (tertiary/aromatic N) is 1. The van der Waals surface area contributed by atoms with Crippen LogP contribution in [0.25, 0.3) is 0 Å². The van der Waals surface area contributed by atoms with Crippen molar-refractivity contribution >= 4 is 31.2 Å². The molecule has 0 saturated carbocycles. The van der Waals surface area contributed by atoms with Crippen LogP contribution >= 0.6 is 25.3 Å². The van der Waals surface area contributed by atoms with E-state index in [4.69, 9.17) is 4.74 Å². The molecule has 0 aromatic rings. The maximum absolute atomic E-state index is 11.8. The van der Waals surface area contributed by atoms with Crippen molar-refractivity contribution in [3.63, 3.8) is 0 Å². The molecule has 5 heteroatoms. The van der Waals surface area contributed by atoms with E-state index in [1.807, 2.05) is 4.90 Å². The molecule has 3 nitrogen and oxygen atoms in total. The van der Waals surface area contributed by atoms with Crippen LogP contribution < -0.4 is 0 Å². The number of carbonyl (C=O) groups is 1. The highest BCUT2D eigenvalue weighted by Crippen LogP contribution is 2.13. The predicted molar refractivity (Wildman–Crippen MR) is 77.1 cm³/mol. The van der Waals surface area contributed by atoms with Gasteiger partial charge in [0.1, 0.15) is 0 Å². The van der Waals surface area contributed by atoms with Crippen LogP contribution in [0.1, 0.15) is 32.1 Å². The Labute approximate surface area is 115 Å². The van der Waals surface area contributed by atoms with Crippen LogP contribution in [-0.4, -0.2) is 48.1 Å². The van der Waals surface area contributed by atoms with Crippen molar-refractivity contribution in [2.75, 3.05) is 32.1 Å². The molecule has 1 amide bonds. The smallest absolute Gasteiger partial charge is 0.222 e. The molecular weight excluding hydrogens is 254 g/mol. The monoisotopic (exact) mass is 277 g/mol. The number of morpholine rings is 1. The fraction of sp³-hybridized carbons (Fsp3) is 0.917. The van der Waals surface area contributed by atoms with Crippen molar-refractivity contribution in [3.8, 4) is 0 Å². The van der Waals surface area contributed by atoms with Gasteiger partial charge in [-0.25, -0.2) is 0 Å². The first-order valence-corrected chi connectivity index (χ1v) is 7.53. The molecule has 0 spiro atoms. The van der Waals surface area contributed by atoms with Gasteiger partial charge in [0.15, 0.2) is 0 Å². The quantitative estimate of drug-likeness (QED) is 0.551. The fourth-order valence-corrected chi connectivity index (χ4v) is 2.75. The summed E-state index contributed by atoms with van der Waals surface area (Å²) in [6, 6.07) is 0. The summed E-state index contributed by atoms with van der Waals surface area (Å²) in [5.41, 5.74) is 0. The van der Waals surface area contributed by atoms with Crippen molar-refractivity contribution < 1.29 is 9.53 Å². The number of rotatable bonds is 7. The molecule has 1 unspecified atom stereocenters. The minimum Gasteiger partial charge on any atom is -0.378 e. The van der Waals surface area contributed by atoms with Gasteiger partial charge in [-0.2, -0.15) is 25.3 Å². The van der Waals surface area contributed by atoms with E-state index in [1.165, 1.54) is 0 Å². The standard InChI is InChI=1S/C12H23NO2S2/c14-12(13-6-8-15-9-7-13)4-2-1-3-11(17)5-10-16/h11,16-17H,1-10H2. The van der Waals surface area contributed by atoms with Gasteiger partial charge in [0.25, 0.3) is 0 Å². The minimum absolute atomic E-state index is 0.276. The van der Waals surface area contributed by atoms with Gasteiger partial charge in [-0.3, -0.25) is 4.79 Å². The van der Waals surface area contributed by atoms with Gasteiger partial charge in [-0.15, -0.1) is 0 Å². The number of amides is 1. The highest BCUT2D eigenvalue weighted by atomic mass is 32.1. The average molecular weight is 277 g/mol. The van der Waals surface area contributed by atoms with Gasteiger partial charge in [0.2, 0.25) is 5.91 Å². The fourth-order valence-electron chi connectivity index (χ4n) is 1.92. The van der Waals surface area contributed by atoms with E-state index in [2.05, 4.69) is 25.3 Å². The topological polar surface area (TPSA) is 29.5 Å². The summed E-state index contributed by atoms with van der Waals surface area (Å²) in [5, 5.41) is 0.436. The molecule has 1 fully saturated rings. The van der Waals surface area contributed by atoms with Crippen LogP contribution in [0.2, 0.25) is 0 Å². The molecule has 0 aliphatic carbocycles. The van der Waals surface area contributed by atoms with Gasteiger partial charge < -0.3 is 9.64 Å². The zero-order valence-corrected chi connectivity index (χ0v) is 12.1. The zero-order chi connectivity index (χ0) is 12.5. The van der Waals surface area contributed by atoms with Crippen molar-refractivity contribution in [2.45, 2.75) is 37.4 Å². The van der Waals surface area contributed by atoms with Crippen LogP contribution in [0.4, 0.5) is 0 Å². The first kappa shape index (κ1) is 15.2. The molecule has 1 rings (SSSR count). The lowest BCUT2D eigenvalue weighted by molar-refractivity contribution is -0.135. The van der Waals surface area contributed by atoms with Crippen molar-refractivity contribution in [3.05, 3.63) is 0 Å². The molecular formula is C12H23NO2S2. The van der Waals surface area contributed by atoms with E-state index in [1.54, 1.807) is 0 Å². The summed E-state index contributed by atoms with van der Waals surface area (Å²) in [5.74, 6) is 1.17. The molecule has 0 aromatic heterocycles. The number of hydrogen-bond donors (Lipinski definition) is 2. The second-order valence-electron chi connectivity index (χ2n) is 4.41.